The molecule has 1 aromatic rings. The van der Waals surface area contributed by atoms with Crippen LogP contribution in [0.4, 0.5) is 0 Å². The van der Waals surface area contributed by atoms with Gasteiger partial charge in [0.15, 0.2) is 11.5 Å². The van der Waals surface area contributed by atoms with Crippen LogP contribution < -0.4 is 15.2 Å². The first-order valence-electron chi connectivity index (χ1n) is 5.89. The SMILES string of the molecule is CCOc1cc(CN)ccc1OCCCSC. The molecule has 0 saturated carbocycles. The number of ether oxygens (including phenoxy) is 2. The number of hydrogen-bond acceptors (Lipinski definition) is 4. The fourth-order valence-electron chi connectivity index (χ4n) is 1.45. The highest BCUT2D eigenvalue weighted by Crippen LogP contribution is 2.28. The Balaban J connectivity index is 2.62. The van der Waals surface area contributed by atoms with Crippen molar-refractivity contribution >= 4 is 11.8 Å². The third-order valence-corrected chi connectivity index (χ3v) is 2.99. The molecule has 0 spiro atoms. The van der Waals surface area contributed by atoms with E-state index >= 15 is 0 Å². The van der Waals surface area contributed by atoms with Crippen molar-refractivity contribution < 1.29 is 9.47 Å². The van der Waals surface area contributed by atoms with Crippen LogP contribution in [0.3, 0.4) is 0 Å². The zero-order chi connectivity index (χ0) is 12.5. The summed E-state index contributed by atoms with van der Waals surface area (Å²) in [5.74, 6) is 2.72. The molecular weight excluding hydrogens is 234 g/mol. The summed E-state index contributed by atoms with van der Waals surface area (Å²) < 4.78 is 11.3. The lowest BCUT2D eigenvalue weighted by atomic mass is 10.2. The maximum Gasteiger partial charge on any atom is 0.161 e. The van der Waals surface area contributed by atoms with Crippen molar-refractivity contribution in [3.63, 3.8) is 0 Å². The van der Waals surface area contributed by atoms with Gasteiger partial charge in [-0.1, -0.05) is 6.07 Å². The van der Waals surface area contributed by atoms with Gasteiger partial charge in [-0.25, -0.2) is 0 Å². The van der Waals surface area contributed by atoms with Gasteiger partial charge in [-0.05, 0) is 43.0 Å². The van der Waals surface area contributed by atoms with E-state index in [4.69, 9.17) is 15.2 Å². The largest absolute Gasteiger partial charge is 0.490 e. The van der Waals surface area contributed by atoms with Crippen molar-refractivity contribution in [1.82, 2.24) is 0 Å². The summed E-state index contributed by atoms with van der Waals surface area (Å²) in [6.07, 6.45) is 3.15. The third-order valence-electron chi connectivity index (χ3n) is 2.29. The average molecular weight is 255 g/mol. The Bertz CT molecular complexity index is 331. The number of nitrogens with two attached hydrogens (primary N) is 1. The predicted octanol–water partition coefficient (Wildman–Crippen LogP) is 2.68. The summed E-state index contributed by atoms with van der Waals surface area (Å²) in [6, 6.07) is 5.87. The first-order valence-corrected chi connectivity index (χ1v) is 7.28. The summed E-state index contributed by atoms with van der Waals surface area (Å²) in [7, 11) is 0. The number of thioether (sulfide) groups is 1. The Morgan fingerprint density at radius 2 is 2.06 bits per heavy atom. The standard InChI is InChI=1S/C13H21NO2S/c1-3-15-13-9-11(10-14)5-6-12(13)16-7-4-8-17-2/h5-6,9H,3-4,7-8,10,14H2,1-2H3. The maximum atomic E-state index is 5.71. The lowest BCUT2D eigenvalue weighted by Gasteiger charge is -2.12. The fraction of sp³-hybridized carbons (Fsp3) is 0.538. The van der Waals surface area contributed by atoms with Crippen molar-refractivity contribution in [2.24, 2.45) is 5.73 Å². The predicted molar refractivity (Wildman–Crippen MR) is 74.0 cm³/mol. The van der Waals surface area contributed by atoms with Crippen LogP contribution in [-0.4, -0.2) is 25.2 Å². The molecule has 0 aromatic heterocycles. The van der Waals surface area contributed by atoms with E-state index in [0.29, 0.717) is 13.2 Å². The zero-order valence-electron chi connectivity index (χ0n) is 10.6. The summed E-state index contributed by atoms with van der Waals surface area (Å²) >= 11 is 1.83. The van der Waals surface area contributed by atoms with Crippen molar-refractivity contribution in [3.8, 4) is 11.5 Å². The monoisotopic (exact) mass is 255 g/mol. The molecule has 0 unspecified atom stereocenters. The molecule has 0 heterocycles. The molecule has 96 valence electrons. The molecule has 0 saturated heterocycles. The summed E-state index contributed by atoms with van der Waals surface area (Å²) in [6.45, 7) is 3.84. The van der Waals surface area contributed by atoms with Gasteiger partial charge in [0.2, 0.25) is 0 Å². The molecule has 0 radical (unpaired) electrons. The van der Waals surface area contributed by atoms with E-state index in [1.165, 1.54) is 0 Å². The Morgan fingerprint density at radius 1 is 1.24 bits per heavy atom. The van der Waals surface area contributed by atoms with E-state index < -0.39 is 0 Å². The van der Waals surface area contributed by atoms with E-state index in [1.807, 2.05) is 36.9 Å². The molecule has 4 heteroatoms. The average Bonchev–Trinajstić information content (AvgIpc) is 2.36. The van der Waals surface area contributed by atoms with Gasteiger partial charge in [0.25, 0.3) is 0 Å². The normalized spacial score (nSPS) is 10.3. The van der Waals surface area contributed by atoms with E-state index in [2.05, 4.69) is 6.26 Å². The minimum Gasteiger partial charge on any atom is -0.490 e. The van der Waals surface area contributed by atoms with Crippen molar-refractivity contribution in [1.29, 1.82) is 0 Å². The number of hydrogen-bond donors (Lipinski definition) is 1. The second kappa shape index (κ2) is 8.25. The highest BCUT2D eigenvalue weighted by atomic mass is 32.2. The van der Waals surface area contributed by atoms with Crippen molar-refractivity contribution in [2.45, 2.75) is 19.9 Å². The van der Waals surface area contributed by atoms with Crippen LogP contribution >= 0.6 is 11.8 Å². The molecule has 0 bridgehead atoms. The van der Waals surface area contributed by atoms with Crippen LogP contribution in [0.2, 0.25) is 0 Å². The zero-order valence-corrected chi connectivity index (χ0v) is 11.4. The van der Waals surface area contributed by atoms with E-state index in [9.17, 15) is 0 Å². The van der Waals surface area contributed by atoms with Crippen LogP contribution in [0, 0.1) is 0 Å². The highest BCUT2D eigenvalue weighted by Gasteiger charge is 2.05. The van der Waals surface area contributed by atoms with Gasteiger partial charge in [-0.2, -0.15) is 11.8 Å². The Hall–Kier alpha value is -0.870. The molecule has 2 N–H and O–H groups in total. The minimum absolute atomic E-state index is 0.521. The Morgan fingerprint density at radius 3 is 2.71 bits per heavy atom. The van der Waals surface area contributed by atoms with Gasteiger partial charge < -0.3 is 15.2 Å². The molecule has 0 aliphatic rings. The number of benzene rings is 1. The minimum atomic E-state index is 0.521. The van der Waals surface area contributed by atoms with E-state index in [-0.39, 0.29) is 0 Å². The van der Waals surface area contributed by atoms with Crippen molar-refractivity contribution in [3.05, 3.63) is 23.8 Å². The van der Waals surface area contributed by atoms with Gasteiger partial charge in [-0.3, -0.25) is 0 Å². The van der Waals surface area contributed by atoms with Gasteiger partial charge in [0.1, 0.15) is 0 Å². The van der Waals surface area contributed by atoms with Gasteiger partial charge in [0, 0.05) is 6.54 Å². The van der Waals surface area contributed by atoms with Crippen molar-refractivity contribution in [2.75, 3.05) is 25.2 Å². The summed E-state index contributed by atoms with van der Waals surface area (Å²) in [5.41, 5.74) is 6.67. The van der Waals surface area contributed by atoms with Crippen LogP contribution in [0.1, 0.15) is 18.9 Å². The van der Waals surface area contributed by atoms with Gasteiger partial charge in [-0.15, -0.1) is 0 Å². The van der Waals surface area contributed by atoms with Gasteiger partial charge >= 0.3 is 0 Å². The van der Waals surface area contributed by atoms with E-state index in [0.717, 1.165) is 35.8 Å². The first kappa shape index (κ1) is 14.2. The van der Waals surface area contributed by atoms with Crippen LogP contribution in [0.15, 0.2) is 18.2 Å². The smallest absolute Gasteiger partial charge is 0.161 e. The van der Waals surface area contributed by atoms with Crippen LogP contribution in [-0.2, 0) is 6.54 Å². The lowest BCUT2D eigenvalue weighted by Crippen LogP contribution is -2.03. The van der Waals surface area contributed by atoms with E-state index in [1.54, 1.807) is 0 Å². The lowest BCUT2D eigenvalue weighted by molar-refractivity contribution is 0.277. The molecule has 0 aliphatic heterocycles. The maximum absolute atomic E-state index is 5.71. The van der Waals surface area contributed by atoms with Crippen LogP contribution in [0.25, 0.3) is 0 Å². The topological polar surface area (TPSA) is 44.5 Å². The molecule has 3 nitrogen and oxygen atoms in total. The molecule has 17 heavy (non-hydrogen) atoms. The molecule has 0 aliphatic carbocycles. The quantitative estimate of drug-likeness (QED) is 0.725. The second-order valence-corrected chi connectivity index (χ2v) is 4.60. The fourth-order valence-corrected chi connectivity index (χ4v) is 1.86. The highest BCUT2D eigenvalue weighted by molar-refractivity contribution is 7.98. The molecule has 1 rings (SSSR count). The summed E-state index contributed by atoms with van der Waals surface area (Å²) in [4.78, 5) is 0. The molecular formula is C13H21NO2S. The number of rotatable bonds is 8. The second-order valence-electron chi connectivity index (χ2n) is 3.61. The Labute approximate surface area is 108 Å². The van der Waals surface area contributed by atoms with Gasteiger partial charge in [0.05, 0.1) is 13.2 Å². The molecule has 0 amide bonds. The Kier molecular flexibility index (Phi) is 6.89. The molecule has 1 aromatic carbocycles. The molecule has 0 atom stereocenters. The third kappa shape index (κ3) is 4.88. The van der Waals surface area contributed by atoms with Crippen LogP contribution in [0.5, 0.6) is 11.5 Å². The molecule has 0 fully saturated rings. The first-order chi connectivity index (χ1) is 8.31. The summed E-state index contributed by atoms with van der Waals surface area (Å²) in [5, 5.41) is 0.